The maximum atomic E-state index is 14.3. The molecule has 1 aliphatic rings. The number of alkyl halides is 3. The van der Waals surface area contributed by atoms with Gasteiger partial charge in [0.1, 0.15) is 11.4 Å². The van der Waals surface area contributed by atoms with E-state index in [0.717, 1.165) is 12.1 Å². The quantitative estimate of drug-likeness (QED) is 0.531. The molecule has 0 saturated carbocycles. The highest BCUT2D eigenvalue weighted by Gasteiger charge is 2.36. The van der Waals surface area contributed by atoms with Gasteiger partial charge >= 0.3 is 6.18 Å². The lowest BCUT2D eigenvalue weighted by molar-refractivity contribution is -0.137. The third-order valence-corrected chi connectivity index (χ3v) is 5.96. The zero-order chi connectivity index (χ0) is 23.8. The summed E-state index contributed by atoms with van der Waals surface area (Å²) in [6.45, 7) is 1.07. The largest absolute Gasteiger partial charge is 0.419 e. The van der Waals surface area contributed by atoms with Gasteiger partial charge in [-0.3, -0.25) is 4.68 Å². The monoisotopic (exact) mass is 486 g/mol. The van der Waals surface area contributed by atoms with E-state index < -0.39 is 38.2 Å². The van der Waals surface area contributed by atoms with Gasteiger partial charge in [-0.2, -0.15) is 18.3 Å². The second-order valence-electron chi connectivity index (χ2n) is 7.32. The first-order valence-electron chi connectivity index (χ1n) is 9.68. The third kappa shape index (κ3) is 5.12. The lowest BCUT2D eigenvalue weighted by Gasteiger charge is -2.22. The number of nitrogens with one attached hydrogen (secondary N) is 1. The second-order valence-corrected chi connectivity index (χ2v) is 8.88. The van der Waals surface area contributed by atoms with Crippen LogP contribution in [0.25, 0.3) is 11.3 Å². The van der Waals surface area contributed by atoms with Crippen LogP contribution in [0.3, 0.4) is 0 Å². The molecule has 0 aliphatic carbocycles. The number of anilines is 2. The molecule has 0 unspecified atom stereocenters. The maximum Gasteiger partial charge on any atom is 0.419 e. The molecule has 1 aliphatic heterocycles. The van der Waals surface area contributed by atoms with E-state index in [1.807, 2.05) is 0 Å². The van der Waals surface area contributed by atoms with Gasteiger partial charge in [-0.05, 0) is 31.0 Å². The number of primary sulfonamides is 1. The van der Waals surface area contributed by atoms with Crippen LogP contribution in [0.5, 0.6) is 0 Å². The van der Waals surface area contributed by atoms with Crippen molar-refractivity contribution in [2.24, 2.45) is 5.14 Å². The standard InChI is InChI=1S/C19H18F4N6O3S/c20-15-7-13(33(24,30)31)1-2-16(15)27-18-25-9-14(19(21,22)23)17(28-18)11-8-26-29(10-11)12-3-5-32-6-4-12/h1-2,7-10,12H,3-6H2,(H2,24,30,31)(H,25,27,28). The van der Waals surface area contributed by atoms with Crippen LogP contribution < -0.4 is 10.5 Å². The fourth-order valence-electron chi connectivity index (χ4n) is 3.37. The van der Waals surface area contributed by atoms with Gasteiger partial charge in [0.15, 0.2) is 0 Å². The second kappa shape index (κ2) is 8.68. The summed E-state index contributed by atoms with van der Waals surface area (Å²) in [5, 5.41) is 11.6. The van der Waals surface area contributed by atoms with Gasteiger partial charge in [-0.15, -0.1) is 0 Å². The Morgan fingerprint density at radius 1 is 1.18 bits per heavy atom. The lowest BCUT2D eigenvalue weighted by atomic mass is 10.1. The molecular weight excluding hydrogens is 468 g/mol. The maximum absolute atomic E-state index is 14.3. The number of nitrogens with two attached hydrogens (primary N) is 1. The van der Waals surface area contributed by atoms with Gasteiger partial charge in [-0.25, -0.2) is 27.9 Å². The van der Waals surface area contributed by atoms with Crippen LogP contribution in [0, 0.1) is 5.82 Å². The zero-order valence-corrected chi connectivity index (χ0v) is 17.7. The molecule has 1 saturated heterocycles. The van der Waals surface area contributed by atoms with Crippen molar-refractivity contribution in [3.05, 3.63) is 48.2 Å². The zero-order valence-electron chi connectivity index (χ0n) is 16.9. The molecule has 9 nitrogen and oxygen atoms in total. The van der Waals surface area contributed by atoms with Crippen LogP contribution in [-0.4, -0.2) is 41.4 Å². The van der Waals surface area contributed by atoms with Crippen molar-refractivity contribution in [2.75, 3.05) is 18.5 Å². The average Bonchev–Trinajstić information content (AvgIpc) is 3.24. The minimum absolute atomic E-state index is 0.00676. The van der Waals surface area contributed by atoms with E-state index in [-0.39, 0.29) is 23.2 Å². The van der Waals surface area contributed by atoms with E-state index in [2.05, 4.69) is 20.4 Å². The van der Waals surface area contributed by atoms with E-state index in [1.54, 1.807) is 4.68 Å². The number of halogens is 4. The molecule has 3 aromatic rings. The lowest BCUT2D eigenvalue weighted by Crippen LogP contribution is -2.19. The molecule has 4 rings (SSSR count). The number of nitrogens with zero attached hydrogens (tertiary/aromatic N) is 4. The SMILES string of the molecule is NS(=O)(=O)c1ccc(Nc2ncc(C(F)(F)F)c(-c3cnn(C4CCOCC4)c3)n2)c(F)c1. The van der Waals surface area contributed by atoms with Crippen LogP contribution in [0.4, 0.5) is 29.2 Å². The minimum Gasteiger partial charge on any atom is -0.381 e. The number of hydrogen-bond acceptors (Lipinski definition) is 7. The fraction of sp³-hybridized carbons (Fsp3) is 0.316. The Bertz CT molecular complexity index is 1270. The van der Waals surface area contributed by atoms with Crippen LogP contribution >= 0.6 is 0 Å². The molecule has 1 aromatic carbocycles. The van der Waals surface area contributed by atoms with Crippen molar-refractivity contribution >= 4 is 21.7 Å². The molecule has 0 amide bonds. The highest BCUT2D eigenvalue weighted by Crippen LogP contribution is 2.37. The van der Waals surface area contributed by atoms with E-state index in [9.17, 15) is 26.0 Å². The summed E-state index contributed by atoms with van der Waals surface area (Å²) in [5.41, 5.74) is -1.64. The Labute approximate surface area is 185 Å². The average molecular weight is 486 g/mol. The van der Waals surface area contributed by atoms with Crippen molar-refractivity contribution in [3.63, 3.8) is 0 Å². The Morgan fingerprint density at radius 3 is 2.55 bits per heavy atom. The number of rotatable bonds is 5. The number of aromatic nitrogens is 4. The molecule has 14 heteroatoms. The van der Waals surface area contributed by atoms with Crippen LogP contribution in [0.15, 0.2) is 41.7 Å². The Balaban J connectivity index is 1.68. The smallest absolute Gasteiger partial charge is 0.381 e. The van der Waals surface area contributed by atoms with Crippen LogP contribution in [0.2, 0.25) is 0 Å². The van der Waals surface area contributed by atoms with E-state index >= 15 is 0 Å². The fourth-order valence-corrected chi connectivity index (χ4v) is 3.90. The molecule has 33 heavy (non-hydrogen) atoms. The van der Waals surface area contributed by atoms with Crippen molar-refractivity contribution in [3.8, 4) is 11.3 Å². The van der Waals surface area contributed by atoms with Gasteiger partial charge in [0.2, 0.25) is 16.0 Å². The number of sulfonamides is 1. The number of hydrogen-bond donors (Lipinski definition) is 2. The molecule has 3 heterocycles. The summed E-state index contributed by atoms with van der Waals surface area (Å²) in [6, 6.07) is 2.79. The predicted octanol–water partition coefficient (Wildman–Crippen LogP) is 3.24. The first-order valence-corrected chi connectivity index (χ1v) is 11.2. The molecule has 176 valence electrons. The van der Waals surface area contributed by atoms with E-state index in [4.69, 9.17) is 9.88 Å². The van der Waals surface area contributed by atoms with Crippen molar-refractivity contribution in [1.29, 1.82) is 0 Å². The summed E-state index contributed by atoms with van der Waals surface area (Å²) in [4.78, 5) is 7.13. The van der Waals surface area contributed by atoms with Crippen molar-refractivity contribution < 1.29 is 30.7 Å². The molecule has 3 N–H and O–H groups in total. The Kier molecular flexibility index (Phi) is 6.07. The predicted molar refractivity (Wildman–Crippen MR) is 108 cm³/mol. The summed E-state index contributed by atoms with van der Waals surface area (Å²) >= 11 is 0. The van der Waals surface area contributed by atoms with Gasteiger partial charge in [0.05, 0.1) is 28.5 Å². The molecule has 0 bridgehead atoms. The normalized spacial score (nSPS) is 15.5. The number of benzene rings is 1. The third-order valence-electron chi connectivity index (χ3n) is 5.05. The Morgan fingerprint density at radius 2 is 1.91 bits per heavy atom. The highest BCUT2D eigenvalue weighted by molar-refractivity contribution is 7.89. The van der Waals surface area contributed by atoms with Gasteiger partial charge in [0.25, 0.3) is 0 Å². The molecule has 0 radical (unpaired) electrons. The van der Waals surface area contributed by atoms with Gasteiger partial charge < -0.3 is 10.1 Å². The number of ether oxygens (including phenoxy) is 1. The van der Waals surface area contributed by atoms with Gasteiger partial charge in [-0.1, -0.05) is 0 Å². The molecular formula is C19H18F4N6O3S. The molecule has 1 fully saturated rings. The summed E-state index contributed by atoms with van der Waals surface area (Å²) in [5.74, 6) is -1.32. The minimum atomic E-state index is -4.74. The molecule has 0 atom stereocenters. The van der Waals surface area contributed by atoms with Gasteiger partial charge in [0, 0.05) is 31.2 Å². The highest BCUT2D eigenvalue weighted by atomic mass is 32.2. The van der Waals surface area contributed by atoms with Crippen LogP contribution in [-0.2, 0) is 20.9 Å². The first-order chi connectivity index (χ1) is 15.5. The topological polar surface area (TPSA) is 125 Å². The first kappa shape index (κ1) is 23.1. The summed E-state index contributed by atoms with van der Waals surface area (Å²) in [6.07, 6.45) is -0.0452. The molecule has 0 spiro atoms. The Hall–Kier alpha value is -3.10. The van der Waals surface area contributed by atoms with Crippen molar-refractivity contribution in [2.45, 2.75) is 30.0 Å². The molecule has 2 aromatic heterocycles. The van der Waals surface area contributed by atoms with Crippen molar-refractivity contribution in [1.82, 2.24) is 19.7 Å². The summed E-state index contributed by atoms with van der Waals surface area (Å²) in [7, 11) is -4.13. The summed E-state index contributed by atoms with van der Waals surface area (Å²) < 4.78 is 84.7. The van der Waals surface area contributed by atoms with E-state index in [0.29, 0.717) is 38.3 Å². The van der Waals surface area contributed by atoms with Crippen LogP contribution in [0.1, 0.15) is 24.4 Å². The van der Waals surface area contributed by atoms with E-state index in [1.165, 1.54) is 12.4 Å².